The first-order valence-corrected chi connectivity index (χ1v) is 6.78. The summed E-state index contributed by atoms with van der Waals surface area (Å²) in [6.45, 7) is 6.69. The zero-order valence-corrected chi connectivity index (χ0v) is 10.9. The first-order valence-electron chi connectivity index (χ1n) is 6.78. The molecule has 1 fully saturated rings. The SMILES string of the molecule is CCNCC1CCC(C)CC1c1cnccn1. The lowest BCUT2D eigenvalue weighted by Gasteiger charge is -2.34. The van der Waals surface area contributed by atoms with E-state index in [4.69, 9.17) is 0 Å². The van der Waals surface area contributed by atoms with E-state index in [2.05, 4.69) is 29.1 Å². The molecule has 3 heteroatoms. The van der Waals surface area contributed by atoms with Gasteiger partial charge in [0.25, 0.3) is 0 Å². The van der Waals surface area contributed by atoms with Gasteiger partial charge in [0.15, 0.2) is 0 Å². The first kappa shape index (κ1) is 12.5. The molecular formula is C14H23N3. The lowest BCUT2D eigenvalue weighted by molar-refractivity contribution is 0.239. The summed E-state index contributed by atoms with van der Waals surface area (Å²) in [5.41, 5.74) is 1.18. The van der Waals surface area contributed by atoms with Crippen LogP contribution < -0.4 is 5.32 Å². The fourth-order valence-corrected chi connectivity index (χ4v) is 2.88. The van der Waals surface area contributed by atoms with E-state index in [9.17, 15) is 0 Å². The van der Waals surface area contributed by atoms with Crippen molar-refractivity contribution in [1.82, 2.24) is 15.3 Å². The standard InChI is InChI=1S/C14H23N3/c1-3-15-9-12-5-4-11(2)8-13(12)14-10-16-6-7-17-14/h6-7,10-13,15H,3-5,8-9H2,1-2H3. The average Bonchev–Trinajstić information content (AvgIpc) is 2.38. The van der Waals surface area contributed by atoms with Crippen molar-refractivity contribution in [2.75, 3.05) is 13.1 Å². The van der Waals surface area contributed by atoms with Crippen molar-refractivity contribution in [3.8, 4) is 0 Å². The lowest BCUT2D eigenvalue weighted by Crippen LogP contribution is -2.31. The highest BCUT2D eigenvalue weighted by Crippen LogP contribution is 2.39. The molecule has 1 N–H and O–H groups in total. The Morgan fingerprint density at radius 2 is 2.24 bits per heavy atom. The van der Waals surface area contributed by atoms with Gasteiger partial charge in [-0.1, -0.05) is 20.3 Å². The van der Waals surface area contributed by atoms with E-state index in [1.165, 1.54) is 25.0 Å². The van der Waals surface area contributed by atoms with Gasteiger partial charge in [0, 0.05) is 24.5 Å². The van der Waals surface area contributed by atoms with E-state index in [-0.39, 0.29) is 0 Å². The van der Waals surface area contributed by atoms with Crippen LogP contribution in [0, 0.1) is 11.8 Å². The monoisotopic (exact) mass is 233 g/mol. The molecule has 0 bridgehead atoms. The van der Waals surface area contributed by atoms with Gasteiger partial charge in [0.1, 0.15) is 0 Å². The van der Waals surface area contributed by atoms with Crippen molar-refractivity contribution < 1.29 is 0 Å². The first-order chi connectivity index (χ1) is 8.31. The molecule has 1 aliphatic rings. The van der Waals surface area contributed by atoms with Gasteiger partial charge in [0.05, 0.1) is 5.69 Å². The van der Waals surface area contributed by atoms with E-state index in [0.29, 0.717) is 5.92 Å². The molecule has 1 aliphatic carbocycles. The van der Waals surface area contributed by atoms with Gasteiger partial charge in [-0.2, -0.15) is 0 Å². The third-order valence-electron chi connectivity index (χ3n) is 3.88. The van der Waals surface area contributed by atoms with Crippen LogP contribution in [-0.2, 0) is 0 Å². The Balaban J connectivity index is 2.08. The summed E-state index contributed by atoms with van der Waals surface area (Å²) in [5, 5.41) is 3.48. The summed E-state index contributed by atoms with van der Waals surface area (Å²) < 4.78 is 0. The Morgan fingerprint density at radius 1 is 1.35 bits per heavy atom. The minimum atomic E-state index is 0.589. The maximum atomic E-state index is 4.50. The van der Waals surface area contributed by atoms with Gasteiger partial charge < -0.3 is 5.32 Å². The normalized spacial score (nSPS) is 29.2. The van der Waals surface area contributed by atoms with Gasteiger partial charge in [-0.15, -0.1) is 0 Å². The number of nitrogens with zero attached hydrogens (tertiary/aromatic N) is 2. The molecule has 0 aromatic carbocycles. The van der Waals surface area contributed by atoms with E-state index in [0.717, 1.165) is 24.9 Å². The second-order valence-electron chi connectivity index (χ2n) is 5.22. The highest BCUT2D eigenvalue weighted by Gasteiger charge is 2.30. The van der Waals surface area contributed by atoms with E-state index in [1.807, 2.05) is 12.4 Å². The molecule has 0 saturated heterocycles. The zero-order chi connectivity index (χ0) is 12.1. The van der Waals surface area contributed by atoms with E-state index < -0.39 is 0 Å². The number of rotatable bonds is 4. The summed E-state index contributed by atoms with van der Waals surface area (Å²) in [7, 11) is 0. The summed E-state index contributed by atoms with van der Waals surface area (Å²) in [4.78, 5) is 8.72. The minimum Gasteiger partial charge on any atom is -0.317 e. The second kappa shape index (κ2) is 6.10. The second-order valence-corrected chi connectivity index (χ2v) is 5.22. The summed E-state index contributed by atoms with van der Waals surface area (Å²) in [6, 6.07) is 0. The Kier molecular flexibility index (Phi) is 4.49. The van der Waals surface area contributed by atoms with Crippen LogP contribution in [0.4, 0.5) is 0 Å². The number of hydrogen-bond donors (Lipinski definition) is 1. The van der Waals surface area contributed by atoms with Crippen molar-refractivity contribution in [2.45, 2.75) is 39.0 Å². The van der Waals surface area contributed by atoms with Crippen LogP contribution in [-0.4, -0.2) is 23.1 Å². The highest BCUT2D eigenvalue weighted by molar-refractivity contribution is 5.07. The maximum absolute atomic E-state index is 4.50. The lowest BCUT2D eigenvalue weighted by atomic mass is 9.73. The number of aromatic nitrogens is 2. The van der Waals surface area contributed by atoms with Gasteiger partial charge >= 0.3 is 0 Å². The quantitative estimate of drug-likeness (QED) is 0.868. The number of nitrogens with one attached hydrogen (secondary N) is 1. The smallest absolute Gasteiger partial charge is 0.0620 e. The van der Waals surface area contributed by atoms with Crippen LogP contribution in [0.3, 0.4) is 0 Å². The van der Waals surface area contributed by atoms with Crippen molar-refractivity contribution in [3.63, 3.8) is 0 Å². The molecule has 3 nitrogen and oxygen atoms in total. The van der Waals surface area contributed by atoms with Crippen LogP contribution >= 0.6 is 0 Å². The predicted octanol–water partition coefficient (Wildman–Crippen LogP) is 2.61. The molecule has 0 radical (unpaired) electrons. The van der Waals surface area contributed by atoms with Crippen LogP contribution in [0.2, 0.25) is 0 Å². The summed E-state index contributed by atoms with van der Waals surface area (Å²) >= 11 is 0. The molecule has 17 heavy (non-hydrogen) atoms. The van der Waals surface area contributed by atoms with Crippen LogP contribution in [0.15, 0.2) is 18.6 Å². The van der Waals surface area contributed by atoms with Gasteiger partial charge in [-0.25, -0.2) is 0 Å². The molecule has 0 spiro atoms. The summed E-state index contributed by atoms with van der Waals surface area (Å²) in [6.07, 6.45) is 9.45. The molecular weight excluding hydrogens is 210 g/mol. The fraction of sp³-hybridized carbons (Fsp3) is 0.714. The molecule has 1 aromatic rings. The van der Waals surface area contributed by atoms with Crippen LogP contribution in [0.5, 0.6) is 0 Å². The molecule has 3 atom stereocenters. The maximum Gasteiger partial charge on any atom is 0.0620 e. The van der Waals surface area contributed by atoms with Gasteiger partial charge in [0.2, 0.25) is 0 Å². The Hall–Kier alpha value is -0.960. The average molecular weight is 233 g/mol. The molecule has 3 unspecified atom stereocenters. The van der Waals surface area contributed by atoms with Gasteiger partial charge in [-0.05, 0) is 37.8 Å². The predicted molar refractivity (Wildman–Crippen MR) is 69.8 cm³/mol. The Bertz CT molecular complexity index is 323. The van der Waals surface area contributed by atoms with Crippen molar-refractivity contribution in [2.24, 2.45) is 11.8 Å². The molecule has 94 valence electrons. The van der Waals surface area contributed by atoms with Crippen LogP contribution in [0.1, 0.15) is 44.7 Å². The van der Waals surface area contributed by atoms with Crippen molar-refractivity contribution in [1.29, 1.82) is 0 Å². The van der Waals surface area contributed by atoms with E-state index in [1.54, 1.807) is 6.20 Å². The summed E-state index contributed by atoms with van der Waals surface area (Å²) in [5.74, 6) is 2.13. The van der Waals surface area contributed by atoms with E-state index >= 15 is 0 Å². The Labute approximate surface area is 104 Å². The molecule has 1 saturated carbocycles. The molecule has 1 aromatic heterocycles. The topological polar surface area (TPSA) is 37.8 Å². The van der Waals surface area contributed by atoms with Gasteiger partial charge in [-0.3, -0.25) is 9.97 Å². The Morgan fingerprint density at radius 3 is 2.94 bits per heavy atom. The minimum absolute atomic E-state index is 0.589. The van der Waals surface area contributed by atoms with Crippen LogP contribution in [0.25, 0.3) is 0 Å². The van der Waals surface area contributed by atoms with Crippen molar-refractivity contribution in [3.05, 3.63) is 24.3 Å². The molecule has 0 aliphatic heterocycles. The zero-order valence-electron chi connectivity index (χ0n) is 10.9. The fourth-order valence-electron chi connectivity index (χ4n) is 2.88. The molecule has 1 heterocycles. The highest BCUT2D eigenvalue weighted by atomic mass is 14.9. The largest absolute Gasteiger partial charge is 0.317 e. The molecule has 2 rings (SSSR count). The third-order valence-corrected chi connectivity index (χ3v) is 3.88. The number of hydrogen-bond acceptors (Lipinski definition) is 3. The van der Waals surface area contributed by atoms with Crippen molar-refractivity contribution >= 4 is 0 Å². The molecule has 0 amide bonds. The third kappa shape index (κ3) is 3.25.